The van der Waals surface area contributed by atoms with Crippen LogP contribution in [0.1, 0.15) is 39.0 Å². The first-order chi connectivity index (χ1) is 10.3. The fraction of sp³-hybridized carbons (Fsp3) is 0.529. The van der Waals surface area contributed by atoms with E-state index in [0.29, 0.717) is 6.04 Å². The van der Waals surface area contributed by atoms with Crippen LogP contribution in [-0.4, -0.2) is 20.8 Å². The summed E-state index contributed by atoms with van der Waals surface area (Å²) >= 11 is 0. The average molecular weight is 284 g/mol. The van der Waals surface area contributed by atoms with Gasteiger partial charge in [0.15, 0.2) is 5.82 Å². The molecule has 112 valence electrons. The second kappa shape index (κ2) is 6.29. The highest BCUT2D eigenvalue weighted by Crippen LogP contribution is 2.30. The number of nitrogens with one attached hydrogen (secondary N) is 1. The first kappa shape index (κ1) is 14.1. The second-order valence-electron chi connectivity index (χ2n) is 6.05. The summed E-state index contributed by atoms with van der Waals surface area (Å²) in [6.45, 7) is 2.31. The average Bonchev–Trinajstić information content (AvgIpc) is 2.94. The molecule has 1 aliphatic rings. The van der Waals surface area contributed by atoms with Crippen molar-refractivity contribution in [2.24, 2.45) is 13.0 Å². The highest BCUT2D eigenvalue weighted by Gasteiger charge is 2.23. The molecule has 1 saturated carbocycles. The molecule has 1 aromatic heterocycles. The summed E-state index contributed by atoms with van der Waals surface area (Å²) in [5.41, 5.74) is 2.31. The topological polar surface area (TPSA) is 42.7 Å². The zero-order valence-corrected chi connectivity index (χ0v) is 12.9. The van der Waals surface area contributed by atoms with Gasteiger partial charge in [0.2, 0.25) is 0 Å². The second-order valence-corrected chi connectivity index (χ2v) is 6.05. The number of nitrogens with zero attached hydrogens (tertiary/aromatic N) is 3. The molecule has 21 heavy (non-hydrogen) atoms. The predicted octanol–water partition coefficient (Wildman–Crippen LogP) is 3.86. The Balaban J connectivity index is 1.78. The first-order valence-corrected chi connectivity index (χ1v) is 7.99. The normalized spacial score (nSPS) is 22.2. The van der Waals surface area contributed by atoms with Crippen molar-refractivity contribution in [3.63, 3.8) is 0 Å². The van der Waals surface area contributed by atoms with Crippen LogP contribution in [0.25, 0.3) is 11.4 Å². The van der Waals surface area contributed by atoms with Crippen molar-refractivity contribution in [1.82, 2.24) is 14.8 Å². The number of anilines is 1. The Morgan fingerprint density at radius 2 is 2.14 bits per heavy atom. The molecule has 2 aromatic rings. The molecule has 0 saturated heterocycles. The van der Waals surface area contributed by atoms with Crippen LogP contribution >= 0.6 is 0 Å². The molecule has 1 aliphatic carbocycles. The molecular formula is C17H24N4. The molecule has 2 unspecified atom stereocenters. The van der Waals surface area contributed by atoms with Gasteiger partial charge in [-0.1, -0.05) is 38.3 Å². The predicted molar refractivity (Wildman–Crippen MR) is 86.1 cm³/mol. The third kappa shape index (κ3) is 3.09. The van der Waals surface area contributed by atoms with Gasteiger partial charge in [-0.25, -0.2) is 0 Å². The van der Waals surface area contributed by atoms with Gasteiger partial charge in [-0.2, -0.15) is 0 Å². The van der Waals surface area contributed by atoms with E-state index in [4.69, 9.17) is 0 Å². The van der Waals surface area contributed by atoms with Crippen molar-refractivity contribution in [3.8, 4) is 11.4 Å². The molecule has 1 aromatic carbocycles. The molecule has 0 radical (unpaired) electrons. The molecule has 2 atom stereocenters. The third-order valence-corrected chi connectivity index (χ3v) is 4.62. The van der Waals surface area contributed by atoms with E-state index in [-0.39, 0.29) is 0 Å². The lowest BCUT2D eigenvalue weighted by Crippen LogP contribution is -2.31. The van der Waals surface area contributed by atoms with Crippen molar-refractivity contribution in [3.05, 3.63) is 30.6 Å². The zero-order valence-electron chi connectivity index (χ0n) is 12.9. The van der Waals surface area contributed by atoms with E-state index in [2.05, 4.69) is 46.7 Å². The molecule has 4 heteroatoms. The monoisotopic (exact) mass is 284 g/mol. The highest BCUT2D eigenvalue weighted by atomic mass is 15.2. The number of hydrogen-bond acceptors (Lipinski definition) is 3. The van der Waals surface area contributed by atoms with Crippen LogP contribution < -0.4 is 5.32 Å². The summed E-state index contributed by atoms with van der Waals surface area (Å²) in [7, 11) is 1.98. The third-order valence-electron chi connectivity index (χ3n) is 4.62. The lowest BCUT2D eigenvalue weighted by Gasteiger charge is -2.32. The van der Waals surface area contributed by atoms with Gasteiger partial charge in [0.05, 0.1) is 0 Å². The van der Waals surface area contributed by atoms with Crippen molar-refractivity contribution in [2.45, 2.75) is 45.1 Å². The summed E-state index contributed by atoms with van der Waals surface area (Å²) < 4.78 is 1.95. The van der Waals surface area contributed by atoms with Gasteiger partial charge in [0.25, 0.3) is 0 Å². The van der Waals surface area contributed by atoms with Crippen molar-refractivity contribution < 1.29 is 0 Å². The molecular weight excluding hydrogens is 260 g/mol. The highest BCUT2D eigenvalue weighted by molar-refractivity contribution is 5.62. The number of aromatic nitrogens is 3. The Kier molecular flexibility index (Phi) is 4.23. The van der Waals surface area contributed by atoms with Crippen LogP contribution in [0.4, 0.5) is 5.69 Å². The minimum Gasteiger partial charge on any atom is -0.382 e. The van der Waals surface area contributed by atoms with Gasteiger partial charge < -0.3 is 9.88 Å². The molecule has 0 amide bonds. The van der Waals surface area contributed by atoms with Crippen molar-refractivity contribution >= 4 is 5.69 Å². The van der Waals surface area contributed by atoms with E-state index in [1.54, 1.807) is 6.33 Å². The largest absolute Gasteiger partial charge is 0.382 e. The molecule has 4 nitrogen and oxygen atoms in total. The Bertz CT molecular complexity index is 590. The van der Waals surface area contributed by atoms with Crippen LogP contribution in [0.3, 0.4) is 0 Å². The number of hydrogen-bond donors (Lipinski definition) is 1. The van der Waals surface area contributed by atoms with Gasteiger partial charge in [-0.3, -0.25) is 0 Å². The number of rotatable bonds is 4. The SMILES string of the molecule is CCC1CCCCC1Nc1cccc(-c2nncn2C)c1. The quantitative estimate of drug-likeness (QED) is 0.927. The molecule has 3 rings (SSSR count). The van der Waals surface area contributed by atoms with E-state index >= 15 is 0 Å². The Morgan fingerprint density at radius 1 is 1.29 bits per heavy atom. The van der Waals surface area contributed by atoms with Gasteiger partial charge in [-0.05, 0) is 30.9 Å². The minimum atomic E-state index is 0.610. The molecule has 1 fully saturated rings. The minimum absolute atomic E-state index is 0.610. The summed E-state index contributed by atoms with van der Waals surface area (Å²) in [4.78, 5) is 0. The van der Waals surface area contributed by atoms with E-state index in [1.165, 1.54) is 37.8 Å². The Hall–Kier alpha value is -1.84. The molecule has 1 heterocycles. The Morgan fingerprint density at radius 3 is 2.90 bits per heavy atom. The fourth-order valence-corrected chi connectivity index (χ4v) is 3.39. The number of benzene rings is 1. The van der Waals surface area contributed by atoms with Gasteiger partial charge >= 0.3 is 0 Å². The summed E-state index contributed by atoms with van der Waals surface area (Å²) in [6.07, 6.45) is 8.38. The molecule has 1 N–H and O–H groups in total. The molecule has 0 aliphatic heterocycles. The van der Waals surface area contributed by atoms with Gasteiger partial charge in [-0.15, -0.1) is 10.2 Å². The molecule has 0 bridgehead atoms. The Labute approximate surface area is 126 Å². The van der Waals surface area contributed by atoms with Gasteiger partial charge in [0, 0.05) is 24.3 Å². The van der Waals surface area contributed by atoms with E-state index in [0.717, 1.165) is 17.3 Å². The van der Waals surface area contributed by atoms with E-state index in [1.807, 2.05) is 11.6 Å². The summed E-state index contributed by atoms with van der Waals surface area (Å²) in [5.74, 6) is 1.71. The summed E-state index contributed by atoms with van der Waals surface area (Å²) in [5, 5.41) is 11.9. The van der Waals surface area contributed by atoms with Gasteiger partial charge in [0.1, 0.15) is 6.33 Å². The lowest BCUT2D eigenvalue weighted by molar-refractivity contribution is 0.317. The fourth-order valence-electron chi connectivity index (χ4n) is 3.39. The maximum atomic E-state index is 4.19. The maximum Gasteiger partial charge on any atom is 0.163 e. The standard InChI is InChI=1S/C17H24N4/c1-3-13-7-4-5-10-16(13)19-15-9-6-8-14(11-15)17-20-18-12-21(17)2/h6,8-9,11-13,16,19H,3-5,7,10H2,1-2H3. The van der Waals surface area contributed by atoms with E-state index < -0.39 is 0 Å². The van der Waals surface area contributed by atoms with Crippen molar-refractivity contribution in [2.75, 3.05) is 5.32 Å². The smallest absolute Gasteiger partial charge is 0.163 e. The first-order valence-electron chi connectivity index (χ1n) is 7.99. The van der Waals surface area contributed by atoms with Crippen LogP contribution in [0.15, 0.2) is 30.6 Å². The van der Waals surface area contributed by atoms with Crippen molar-refractivity contribution in [1.29, 1.82) is 0 Å². The van der Waals surface area contributed by atoms with Crippen LogP contribution in [0.2, 0.25) is 0 Å². The van der Waals surface area contributed by atoms with Crippen LogP contribution in [-0.2, 0) is 7.05 Å². The number of aryl methyl sites for hydroxylation is 1. The van der Waals surface area contributed by atoms with Crippen LogP contribution in [0, 0.1) is 5.92 Å². The maximum absolute atomic E-state index is 4.19. The summed E-state index contributed by atoms with van der Waals surface area (Å²) in [6, 6.07) is 9.13. The lowest BCUT2D eigenvalue weighted by atomic mass is 9.83. The zero-order chi connectivity index (χ0) is 14.7. The molecule has 0 spiro atoms. The van der Waals surface area contributed by atoms with Crippen LogP contribution in [0.5, 0.6) is 0 Å². The van der Waals surface area contributed by atoms with E-state index in [9.17, 15) is 0 Å².